The molecule has 0 bridgehead atoms. The van der Waals surface area contributed by atoms with Crippen molar-refractivity contribution in [2.75, 3.05) is 76.9 Å². The number of hydrogen-bond donors (Lipinski definition) is 0. The normalized spacial score (nSPS) is 19.9. The molecule has 0 saturated carbocycles. The average Bonchev–Trinajstić information content (AvgIpc) is 3.51. The van der Waals surface area contributed by atoms with Crippen molar-refractivity contribution < 1.29 is 14.3 Å². The zero-order chi connectivity index (χ0) is 29.2. The molecule has 1 aromatic heterocycles. The highest BCUT2D eigenvalue weighted by atomic mass is 16.5. The molecule has 6 rings (SSSR count). The Kier molecular flexibility index (Phi) is 11.0. The summed E-state index contributed by atoms with van der Waals surface area (Å²) in [7, 11) is 5.23. The minimum atomic E-state index is -0.267. The number of aromatic nitrogens is 2. The third kappa shape index (κ3) is 7.59. The smallest absolute Gasteiger partial charge is 0.409 e. The molecule has 4 aliphatic rings. The fourth-order valence-electron chi connectivity index (χ4n) is 6.22. The first-order valence-electron chi connectivity index (χ1n) is 14.8. The number of carbonyl (C=O) groups is 1. The Balaban J connectivity index is 0.000000372. The lowest BCUT2D eigenvalue weighted by atomic mass is 9.88. The Morgan fingerprint density at radius 1 is 0.976 bits per heavy atom. The number of likely N-dealkylation sites (tertiary alicyclic amines) is 1. The summed E-state index contributed by atoms with van der Waals surface area (Å²) in [6.45, 7) is 7.87. The summed E-state index contributed by atoms with van der Waals surface area (Å²) in [5.41, 5.74) is 5.17. The second-order valence-corrected chi connectivity index (χ2v) is 11.0. The number of ether oxygens (including phenoxy) is 2. The molecule has 10 nitrogen and oxygen atoms in total. The van der Waals surface area contributed by atoms with Crippen LogP contribution in [0.15, 0.2) is 24.3 Å². The van der Waals surface area contributed by atoms with Crippen LogP contribution in [0.3, 0.4) is 0 Å². The van der Waals surface area contributed by atoms with E-state index in [9.17, 15) is 4.79 Å². The Morgan fingerprint density at radius 2 is 1.68 bits per heavy atom. The maximum Gasteiger partial charge on any atom is 0.409 e. The van der Waals surface area contributed by atoms with Gasteiger partial charge < -0.3 is 29.1 Å². The summed E-state index contributed by atoms with van der Waals surface area (Å²) in [6, 6.07) is 11.4. The topological polar surface area (TPSA) is 98.1 Å². The van der Waals surface area contributed by atoms with Gasteiger partial charge in [-0.05, 0) is 70.3 Å². The second-order valence-electron chi connectivity index (χ2n) is 11.0. The van der Waals surface area contributed by atoms with Crippen LogP contribution in [0.25, 0.3) is 0 Å². The van der Waals surface area contributed by atoms with Crippen molar-refractivity contribution in [1.29, 1.82) is 5.26 Å². The number of methoxy groups -OCH3 is 2. The first-order chi connectivity index (χ1) is 20.0. The largest absolute Gasteiger partial charge is 0.467 e. The monoisotopic (exact) mass is 563 g/mol. The zero-order valence-electron chi connectivity index (χ0n) is 25.1. The van der Waals surface area contributed by atoms with E-state index in [2.05, 4.69) is 46.0 Å². The molecule has 2 aromatic rings. The number of hydrogen-bond acceptors (Lipinski definition) is 9. The summed E-state index contributed by atoms with van der Waals surface area (Å²) in [4.78, 5) is 30.3. The number of para-hydroxylation sites is 1. The van der Waals surface area contributed by atoms with Crippen molar-refractivity contribution in [2.45, 2.75) is 57.9 Å². The maximum absolute atomic E-state index is 11.9. The van der Waals surface area contributed by atoms with E-state index in [0.29, 0.717) is 25.1 Å². The summed E-state index contributed by atoms with van der Waals surface area (Å²) in [5.74, 6) is 0.967. The van der Waals surface area contributed by atoms with Gasteiger partial charge in [0.25, 0.3) is 0 Å². The van der Waals surface area contributed by atoms with Crippen LogP contribution in [0.2, 0.25) is 0 Å². The summed E-state index contributed by atoms with van der Waals surface area (Å²) in [6.07, 6.45) is 7.86. The van der Waals surface area contributed by atoms with E-state index in [1.807, 2.05) is 0 Å². The number of fused-ring (bicyclic) bond motifs is 2. The highest BCUT2D eigenvalue weighted by Crippen LogP contribution is 2.36. The first kappa shape index (κ1) is 30.4. The number of piperazine rings is 1. The molecular formula is C31H45N7O3. The fraction of sp³-hybridized carbons (Fsp3) is 0.613. The second kappa shape index (κ2) is 14.9. The molecule has 1 aromatic carbocycles. The fourth-order valence-corrected chi connectivity index (χ4v) is 6.22. The van der Waals surface area contributed by atoms with Gasteiger partial charge in [-0.1, -0.05) is 18.2 Å². The van der Waals surface area contributed by atoms with Crippen molar-refractivity contribution in [2.24, 2.45) is 0 Å². The highest BCUT2D eigenvalue weighted by molar-refractivity contribution is 5.68. The number of carbonyl (C=O) groups excluding carboxylic acids is 1. The van der Waals surface area contributed by atoms with Gasteiger partial charge in [-0.2, -0.15) is 15.2 Å². The van der Waals surface area contributed by atoms with Crippen LogP contribution in [-0.2, 0) is 24.0 Å². The van der Waals surface area contributed by atoms with Gasteiger partial charge in [-0.15, -0.1) is 0 Å². The van der Waals surface area contributed by atoms with Gasteiger partial charge in [0.2, 0.25) is 0 Å². The lowest BCUT2D eigenvalue weighted by molar-refractivity contribution is 0.121. The molecule has 0 radical (unpaired) electrons. The zero-order valence-corrected chi connectivity index (χ0v) is 25.1. The molecule has 1 aliphatic carbocycles. The SMILES string of the molecule is CC#N.CN1CCCC1.COC(=O)N1CCN(c2nc(OC)nc3c2CCC(N2CCCc4ccccc42)C3)CC1. The highest BCUT2D eigenvalue weighted by Gasteiger charge is 2.32. The van der Waals surface area contributed by atoms with Gasteiger partial charge in [-0.25, -0.2) is 4.79 Å². The van der Waals surface area contributed by atoms with Gasteiger partial charge in [0.05, 0.1) is 26.0 Å². The van der Waals surface area contributed by atoms with Crippen molar-refractivity contribution in [1.82, 2.24) is 19.8 Å². The van der Waals surface area contributed by atoms with Crippen LogP contribution in [-0.4, -0.2) is 99.0 Å². The molecule has 0 spiro atoms. The molecule has 1 amide bonds. The van der Waals surface area contributed by atoms with E-state index in [1.165, 1.54) is 63.2 Å². The van der Waals surface area contributed by atoms with E-state index in [-0.39, 0.29) is 6.09 Å². The first-order valence-corrected chi connectivity index (χ1v) is 14.8. The molecular weight excluding hydrogens is 518 g/mol. The maximum atomic E-state index is 11.9. The van der Waals surface area contributed by atoms with E-state index < -0.39 is 0 Å². The van der Waals surface area contributed by atoms with Crippen LogP contribution in [0, 0.1) is 11.3 Å². The van der Waals surface area contributed by atoms with Crippen molar-refractivity contribution in [3.8, 4) is 12.1 Å². The van der Waals surface area contributed by atoms with E-state index in [0.717, 1.165) is 56.8 Å². The number of nitriles is 1. The van der Waals surface area contributed by atoms with Crippen molar-refractivity contribution >= 4 is 17.6 Å². The molecule has 1 atom stereocenters. The lowest BCUT2D eigenvalue weighted by Gasteiger charge is -2.41. The lowest BCUT2D eigenvalue weighted by Crippen LogP contribution is -2.49. The van der Waals surface area contributed by atoms with Crippen LogP contribution in [0.5, 0.6) is 6.01 Å². The van der Waals surface area contributed by atoms with Crippen molar-refractivity contribution in [3.63, 3.8) is 0 Å². The molecule has 0 N–H and O–H groups in total. The van der Waals surface area contributed by atoms with Gasteiger partial charge >= 0.3 is 12.1 Å². The quantitative estimate of drug-likeness (QED) is 0.550. The predicted octanol–water partition coefficient (Wildman–Crippen LogP) is 3.93. The third-order valence-corrected chi connectivity index (χ3v) is 8.32. The predicted molar refractivity (Wildman–Crippen MR) is 161 cm³/mol. The Morgan fingerprint density at radius 3 is 2.32 bits per heavy atom. The minimum Gasteiger partial charge on any atom is -0.467 e. The Hall–Kier alpha value is -3.58. The van der Waals surface area contributed by atoms with Gasteiger partial charge in [-0.3, -0.25) is 0 Å². The molecule has 3 aliphatic heterocycles. The molecule has 2 saturated heterocycles. The van der Waals surface area contributed by atoms with E-state index >= 15 is 0 Å². The number of nitrogens with zero attached hydrogens (tertiary/aromatic N) is 7. The van der Waals surface area contributed by atoms with Crippen LogP contribution >= 0.6 is 0 Å². The standard InChI is InChI=1S/C24H31N5O3.C5H11N.C2H3N/c1-31-23-25-20-16-18(29-11-5-7-17-6-3-4-8-21(17)29)9-10-19(20)22(26-23)27-12-14-28(15-13-27)24(30)32-2;1-6-4-2-3-5-6;1-2-3/h3-4,6,8,18H,5,7,9-16H2,1-2H3;2-5H2,1H3;1H3. The van der Waals surface area contributed by atoms with Crippen LogP contribution < -0.4 is 14.5 Å². The number of anilines is 2. The van der Waals surface area contributed by atoms with Gasteiger partial charge in [0.1, 0.15) is 5.82 Å². The summed E-state index contributed by atoms with van der Waals surface area (Å²) >= 11 is 0. The summed E-state index contributed by atoms with van der Waals surface area (Å²) < 4.78 is 10.3. The van der Waals surface area contributed by atoms with Gasteiger partial charge in [0.15, 0.2) is 0 Å². The third-order valence-electron chi connectivity index (χ3n) is 8.32. The summed E-state index contributed by atoms with van der Waals surface area (Å²) in [5, 5.41) is 7.32. The molecule has 222 valence electrons. The Labute approximate surface area is 244 Å². The Bertz CT molecular complexity index is 1190. The number of rotatable bonds is 3. The van der Waals surface area contributed by atoms with E-state index in [4.69, 9.17) is 24.7 Å². The molecule has 2 fully saturated rings. The van der Waals surface area contributed by atoms with Crippen LogP contribution in [0.4, 0.5) is 16.3 Å². The number of amides is 1. The van der Waals surface area contributed by atoms with E-state index in [1.54, 1.807) is 18.1 Å². The minimum absolute atomic E-state index is 0.267. The molecule has 41 heavy (non-hydrogen) atoms. The molecule has 1 unspecified atom stereocenters. The number of benzene rings is 1. The molecule has 10 heteroatoms. The average molecular weight is 564 g/mol. The van der Waals surface area contributed by atoms with Crippen LogP contribution in [0.1, 0.15) is 49.4 Å². The number of aryl methyl sites for hydroxylation is 1. The van der Waals surface area contributed by atoms with Gasteiger partial charge in [0, 0.05) is 63.4 Å². The van der Waals surface area contributed by atoms with Crippen molar-refractivity contribution in [3.05, 3.63) is 41.1 Å². The molecule has 4 heterocycles.